The predicted molar refractivity (Wildman–Crippen MR) is 114 cm³/mol. The number of hydrogen-bond donors (Lipinski definition) is 2. The Labute approximate surface area is 167 Å². The number of thiocarbonyl (C=S) groups is 1. The molecule has 6 heteroatoms. The number of ether oxygens (including phenoxy) is 1. The maximum atomic E-state index is 12.3. The molecule has 0 heterocycles. The summed E-state index contributed by atoms with van der Waals surface area (Å²) in [7, 11) is 0. The maximum absolute atomic E-state index is 12.3. The molecule has 2 aromatic carbocycles. The number of amides is 1. The van der Waals surface area contributed by atoms with E-state index < -0.39 is 0 Å². The zero-order valence-corrected chi connectivity index (χ0v) is 17.4. The maximum Gasteiger partial charge on any atom is 0.257 e. The van der Waals surface area contributed by atoms with Crippen molar-refractivity contribution in [3.05, 3.63) is 57.2 Å². The lowest BCUT2D eigenvalue weighted by atomic mass is 10.2. The average Bonchev–Trinajstić information content (AvgIpc) is 2.57. The Hall–Kier alpha value is -1.67. The fourth-order valence-electron chi connectivity index (χ4n) is 2.10. The lowest BCUT2D eigenvalue weighted by Crippen LogP contribution is -2.34. The van der Waals surface area contributed by atoms with Crippen molar-refractivity contribution in [1.29, 1.82) is 0 Å². The summed E-state index contributed by atoms with van der Waals surface area (Å²) in [5.74, 6) is 0.497. The van der Waals surface area contributed by atoms with E-state index in [0.717, 1.165) is 27.0 Å². The second-order valence-electron chi connectivity index (χ2n) is 5.73. The van der Waals surface area contributed by atoms with Gasteiger partial charge >= 0.3 is 0 Å². The summed E-state index contributed by atoms with van der Waals surface area (Å²) >= 11 is 7.49. The van der Waals surface area contributed by atoms with Crippen LogP contribution >= 0.6 is 34.8 Å². The molecule has 0 saturated carbocycles. The minimum Gasteiger partial charge on any atom is -0.491 e. The van der Waals surface area contributed by atoms with Gasteiger partial charge in [-0.05, 0) is 103 Å². The molecule has 0 aliphatic heterocycles. The molecule has 0 fully saturated rings. The topological polar surface area (TPSA) is 50.4 Å². The Morgan fingerprint density at radius 3 is 2.52 bits per heavy atom. The monoisotopic (exact) mass is 468 g/mol. The van der Waals surface area contributed by atoms with Crippen molar-refractivity contribution >= 4 is 51.5 Å². The standard InChI is InChI=1S/C19H21IN2O2S/c1-4-13(3)24-16-8-5-14(6-9-16)18(23)22-19(25)21-17-10-7-15(20)11-12(17)2/h5-11,13H,4H2,1-3H3,(H2,21,22,23,25). The van der Waals surface area contributed by atoms with Gasteiger partial charge in [-0.2, -0.15) is 0 Å². The Kier molecular flexibility index (Phi) is 7.19. The van der Waals surface area contributed by atoms with Gasteiger partial charge in [0.2, 0.25) is 0 Å². The van der Waals surface area contributed by atoms with Gasteiger partial charge in [-0.3, -0.25) is 10.1 Å². The number of halogens is 1. The van der Waals surface area contributed by atoms with Crippen LogP contribution in [0.1, 0.15) is 36.2 Å². The van der Waals surface area contributed by atoms with E-state index in [2.05, 4.69) is 40.1 Å². The number of carbonyl (C=O) groups is 1. The highest BCUT2D eigenvalue weighted by Gasteiger charge is 2.10. The number of aryl methyl sites for hydroxylation is 1. The summed E-state index contributed by atoms with van der Waals surface area (Å²) in [4.78, 5) is 12.3. The minimum atomic E-state index is -0.254. The van der Waals surface area contributed by atoms with Crippen molar-refractivity contribution in [2.45, 2.75) is 33.3 Å². The summed E-state index contributed by atoms with van der Waals surface area (Å²) in [5, 5.41) is 6.02. The Morgan fingerprint density at radius 2 is 1.92 bits per heavy atom. The Bertz CT molecular complexity index is 763. The van der Waals surface area contributed by atoms with Crippen LogP contribution in [0.3, 0.4) is 0 Å². The van der Waals surface area contributed by atoms with Crippen LogP contribution in [0.4, 0.5) is 5.69 Å². The van der Waals surface area contributed by atoms with Crippen LogP contribution in [0, 0.1) is 10.5 Å². The van der Waals surface area contributed by atoms with E-state index in [1.54, 1.807) is 24.3 Å². The molecule has 2 rings (SSSR count). The molecule has 0 saturated heterocycles. The summed E-state index contributed by atoms with van der Waals surface area (Å²) in [5.41, 5.74) is 2.47. The lowest BCUT2D eigenvalue weighted by molar-refractivity contribution is 0.0977. The quantitative estimate of drug-likeness (QED) is 0.484. The first kappa shape index (κ1) is 19.7. The average molecular weight is 468 g/mol. The first-order chi connectivity index (χ1) is 11.9. The molecule has 2 N–H and O–H groups in total. The molecule has 0 radical (unpaired) electrons. The van der Waals surface area contributed by atoms with E-state index in [1.165, 1.54) is 0 Å². The molecule has 0 spiro atoms. The van der Waals surface area contributed by atoms with E-state index in [0.29, 0.717) is 5.56 Å². The van der Waals surface area contributed by atoms with Crippen LogP contribution in [-0.2, 0) is 0 Å². The van der Waals surface area contributed by atoms with Crippen molar-refractivity contribution in [3.8, 4) is 5.75 Å². The fraction of sp³-hybridized carbons (Fsp3) is 0.263. The van der Waals surface area contributed by atoms with Gasteiger partial charge in [0, 0.05) is 14.8 Å². The van der Waals surface area contributed by atoms with Crippen molar-refractivity contribution < 1.29 is 9.53 Å². The van der Waals surface area contributed by atoms with E-state index in [-0.39, 0.29) is 17.1 Å². The third-order valence-electron chi connectivity index (χ3n) is 3.69. The smallest absolute Gasteiger partial charge is 0.257 e. The Morgan fingerprint density at radius 1 is 1.24 bits per heavy atom. The number of benzene rings is 2. The molecular weight excluding hydrogens is 447 g/mol. The van der Waals surface area contributed by atoms with Crippen LogP contribution < -0.4 is 15.4 Å². The zero-order chi connectivity index (χ0) is 18.4. The molecule has 0 bridgehead atoms. The van der Waals surface area contributed by atoms with E-state index in [4.69, 9.17) is 17.0 Å². The Balaban J connectivity index is 1.95. The predicted octanol–water partition coefficient (Wildman–Crippen LogP) is 4.90. The van der Waals surface area contributed by atoms with Crippen molar-refractivity contribution in [1.82, 2.24) is 5.32 Å². The van der Waals surface area contributed by atoms with Crippen LogP contribution in [0.5, 0.6) is 5.75 Å². The molecule has 1 amide bonds. The molecule has 2 aromatic rings. The van der Waals surface area contributed by atoms with Gasteiger partial charge in [-0.1, -0.05) is 6.92 Å². The number of rotatable bonds is 5. The van der Waals surface area contributed by atoms with Gasteiger partial charge in [-0.25, -0.2) is 0 Å². The lowest BCUT2D eigenvalue weighted by Gasteiger charge is -2.13. The van der Waals surface area contributed by atoms with Crippen molar-refractivity contribution in [2.75, 3.05) is 5.32 Å². The van der Waals surface area contributed by atoms with Gasteiger partial charge in [-0.15, -0.1) is 0 Å². The number of hydrogen-bond acceptors (Lipinski definition) is 3. The second-order valence-corrected chi connectivity index (χ2v) is 7.38. The summed E-state index contributed by atoms with van der Waals surface area (Å²) in [6, 6.07) is 13.0. The SMILES string of the molecule is CCC(C)Oc1ccc(C(=O)NC(=S)Nc2ccc(I)cc2C)cc1. The van der Waals surface area contributed by atoms with Crippen LogP contribution in [0.15, 0.2) is 42.5 Å². The highest BCUT2D eigenvalue weighted by molar-refractivity contribution is 14.1. The molecule has 0 aliphatic rings. The van der Waals surface area contributed by atoms with Crippen LogP contribution in [0.25, 0.3) is 0 Å². The van der Waals surface area contributed by atoms with E-state index in [9.17, 15) is 4.79 Å². The second kappa shape index (κ2) is 9.15. The van der Waals surface area contributed by atoms with Gasteiger partial charge in [0.1, 0.15) is 5.75 Å². The van der Waals surface area contributed by atoms with Gasteiger partial charge in [0.25, 0.3) is 5.91 Å². The van der Waals surface area contributed by atoms with Gasteiger partial charge in [0.05, 0.1) is 6.10 Å². The van der Waals surface area contributed by atoms with Crippen LogP contribution in [-0.4, -0.2) is 17.1 Å². The summed E-state index contributed by atoms with van der Waals surface area (Å²) < 4.78 is 6.86. The molecule has 25 heavy (non-hydrogen) atoms. The number of carbonyl (C=O) groups excluding carboxylic acids is 1. The van der Waals surface area contributed by atoms with Crippen LogP contribution in [0.2, 0.25) is 0 Å². The molecule has 132 valence electrons. The molecule has 0 aromatic heterocycles. The highest BCUT2D eigenvalue weighted by atomic mass is 127. The number of nitrogens with one attached hydrogen (secondary N) is 2. The first-order valence-corrected chi connectivity index (χ1v) is 9.53. The molecule has 4 nitrogen and oxygen atoms in total. The van der Waals surface area contributed by atoms with E-state index in [1.807, 2.05) is 32.0 Å². The summed E-state index contributed by atoms with van der Waals surface area (Å²) in [6.45, 7) is 6.07. The first-order valence-electron chi connectivity index (χ1n) is 8.04. The third-order valence-corrected chi connectivity index (χ3v) is 4.57. The molecule has 0 aliphatic carbocycles. The van der Waals surface area contributed by atoms with Gasteiger partial charge in [0.15, 0.2) is 5.11 Å². The third kappa shape index (κ3) is 5.97. The molecular formula is C19H21IN2O2S. The zero-order valence-electron chi connectivity index (χ0n) is 14.4. The highest BCUT2D eigenvalue weighted by Crippen LogP contribution is 2.18. The normalized spacial score (nSPS) is 11.5. The number of anilines is 1. The summed E-state index contributed by atoms with van der Waals surface area (Å²) in [6.07, 6.45) is 1.08. The van der Waals surface area contributed by atoms with Crippen molar-refractivity contribution in [3.63, 3.8) is 0 Å². The van der Waals surface area contributed by atoms with E-state index >= 15 is 0 Å². The molecule has 1 unspecified atom stereocenters. The molecule has 1 atom stereocenters. The largest absolute Gasteiger partial charge is 0.491 e. The van der Waals surface area contributed by atoms with Gasteiger partial charge < -0.3 is 10.1 Å². The van der Waals surface area contributed by atoms with Crippen molar-refractivity contribution in [2.24, 2.45) is 0 Å². The minimum absolute atomic E-state index is 0.147. The fourth-order valence-corrected chi connectivity index (χ4v) is 2.95.